The van der Waals surface area contributed by atoms with E-state index in [9.17, 15) is 9.59 Å². The van der Waals surface area contributed by atoms with Crippen LogP contribution in [0.25, 0.3) is 5.69 Å². The number of amides is 1. The third-order valence-corrected chi connectivity index (χ3v) is 5.82. The number of carbonyl (C=O) groups is 1. The van der Waals surface area contributed by atoms with Gasteiger partial charge in [0.05, 0.1) is 32.1 Å². The zero-order chi connectivity index (χ0) is 25.9. The topological polar surface area (TPSA) is 94.9 Å². The van der Waals surface area contributed by atoms with Crippen LogP contribution in [0.2, 0.25) is 0 Å². The quantitative estimate of drug-likeness (QED) is 0.552. The van der Waals surface area contributed by atoms with Crippen LogP contribution in [0.3, 0.4) is 0 Å². The number of anilines is 1. The lowest BCUT2D eigenvalue weighted by atomic mass is 10.1. The van der Waals surface area contributed by atoms with Gasteiger partial charge in [0.15, 0.2) is 0 Å². The summed E-state index contributed by atoms with van der Waals surface area (Å²) in [5.74, 6) is 1.68. The van der Waals surface area contributed by atoms with Gasteiger partial charge in [-0.05, 0) is 57.0 Å². The Morgan fingerprint density at radius 3 is 2.44 bits per heavy atom. The number of carbonyl (C=O) groups excluding carboxylic acids is 1. The Morgan fingerprint density at radius 1 is 1.06 bits per heavy atom. The van der Waals surface area contributed by atoms with Crippen LogP contribution in [0, 0.1) is 0 Å². The molecule has 0 aliphatic carbocycles. The first-order valence-corrected chi connectivity index (χ1v) is 11.8. The Labute approximate surface area is 210 Å². The number of benzene rings is 2. The summed E-state index contributed by atoms with van der Waals surface area (Å²) in [6, 6.07) is 15.0. The highest BCUT2D eigenvalue weighted by molar-refractivity contribution is 5.68. The Balaban J connectivity index is 1.73. The van der Waals surface area contributed by atoms with E-state index in [1.165, 1.54) is 0 Å². The number of para-hydroxylation sites is 2. The normalized spacial score (nSPS) is 13.1. The van der Waals surface area contributed by atoms with Gasteiger partial charge in [0.1, 0.15) is 17.1 Å². The van der Waals surface area contributed by atoms with E-state index in [1.54, 1.807) is 29.8 Å². The van der Waals surface area contributed by atoms with Crippen molar-refractivity contribution in [1.82, 2.24) is 14.5 Å². The molecular formula is C27H32N4O5. The van der Waals surface area contributed by atoms with Gasteiger partial charge in [-0.3, -0.25) is 4.79 Å². The van der Waals surface area contributed by atoms with Crippen LogP contribution in [0.1, 0.15) is 37.6 Å². The zero-order valence-electron chi connectivity index (χ0n) is 21.3. The van der Waals surface area contributed by atoms with Crippen molar-refractivity contribution >= 4 is 12.0 Å². The maximum Gasteiger partial charge on any atom is 0.410 e. The molecule has 3 aromatic rings. The van der Waals surface area contributed by atoms with Crippen LogP contribution in [0.5, 0.6) is 11.5 Å². The van der Waals surface area contributed by atoms with E-state index in [4.69, 9.17) is 19.2 Å². The first-order chi connectivity index (χ1) is 17.2. The Hall–Kier alpha value is -4.01. The predicted octanol–water partition coefficient (Wildman–Crippen LogP) is 4.16. The van der Waals surface area contributed by atoms with E-state index in [1.807, 2.05) is 63.2 Å². The van der Waals surface area contributed by atoms with Crippen molar-refractivity contribution in [3.05, 3.63) is 75.7 Å². The van der Waals surface area contributed by atoms with Gasteiger partial charge in [0, 0.05) is 18.7 Å². The van der Waals surface area contributed by atoms with Crippen molar-refractivity contribution < 1.29 is 19.0 Å². The number of aromatic nitrogens is 2. The van der Waals surface area contributed by atoms with E-state index >= 15 is 0 Å². The Bertz CT molecular complexity index is 1290. The van der Waals surface area contributed by atoms with Gasteiger partial charge in [0.25, 0.3) is 5.56 Å². The molecule has 2 aromatic carbocycles. The van der Waals surface area contributed by atoms with Crippen molar-refractivity contribution in [2.45, 2.75) is 45.9 Å². The van der Waals surface area contributed by atoms with Gasteiger partial charge in [-0.25, -0.2) is 14.3 Å². The van der Waals surface area contributed by atoms with Crippen LogP contribution in [-0.2, 0) is 24.2 Å². The van der Waals surface area contributed by atoms with E-state index in [0.29, 0.717) is 48.2 Å². The average Bonchev–Trinajstić information content (AvgIpc) is 2.86. The monoisotopic (exact) mass is 492 g/mol. The molecule has 0 fully saturated rings. The number of hydrogen-bond acceptors (Lipinski definition) is 7. The Morgan fingerprint density at radius 2 is 1.78 bits per heavy atom. The van der Waals surface area contributed by atoms with Crippen molar-refractivity contribution in [2.75, 3.05) is 26.1 Å². The SMILES string of the molecule is COc1ccc(CNc2nc3c(c(=O)n2-c2ccccc2OC)CCN(C(=O)OC(C)(C)C)C3)cc1. The predicted molar refractivity (Wildman–Crippen MR) is 137 cm³/mol. The molecule has 0 unspecified atom stereocenters. The molecular weight excluding hydrogens is 460 g/mol. The second-order valence-electron chi connectivity index (χ2n) is 9.53. The van der Waals surface area contributed by atoms with Gasteiger partial charge in [-0.1, -0.05) is 24.3 Å². The molecule has 4 rings (SSSR count). The van der Waals surface area contributed by atoms with Crippen LogP contribution < -0.4 is 20.3 Å². The molecule has 0 radical (unpaired) electrons. The largest absolute Gasteiger partial charge is 0.497 e. The molecule has 1 aliphatic rings. The zero-order valence-corrected chi connectivity index (χ0v) is 21.3. The number of methoxy groups -OCH3 is 2. The molecule has 0 spiro atoms. The van der Waals surface area contributed by atoms with Gasteiger partial charge in [-0.15, -0.1) is 0 Å². The summed E-state index contributed by atoms with van der Waals surface area (Å²) in [5, 5.41) is 3.31. The molecule has 36 heavy (non-hydrogen) atoms. The smallest absolute Gasteiger partial charge is 0.410 e. The highest BCUT2D eigenvalue weighted by atomic mass is 16.6. The second-order valence-corrected chi connectivity index (χ2v) is 9.53. The second kappa shape index (κ2) is 10.3. The van der Waals surface area contributed by atoms with Gasteiger partial charge in [0.2, 0.25) is 5.95 Å². The molecule has 1 amide bonds. The fourth-order valence-corrected chi connectivity index (χ4v) is 4.05. The first-order valence-electron chi connectivity index (χ1n) is 11.8. The lowest BCUT2D eigenvalue weighted by Crippen LogP contribution is -2.43. The van der Waals surface area contributed by atoms with E-state index in [-0.39, 0.29) is 12.1 Å². The van der Waals surface area contributed by atoms with Crippen LogP contribution in [0.15, 0.2) is 53.3 Å². The molecule has 0 atom stereocenters. The summed E-state index contributed by atoms with van der Waals surface area (Å²) >= 11 is 0. The first kappa shape index (κ1) is 25.1. The van der Waals surface area contributed by atoms with Crippen LogP contribution in [0.4, 0.5) is 10.7 Å². The lowest BCUT2D eigenvalue weighted by Gasteiger charge is -2.31. The molecule has 0 bridgehead atoms. The highest BCUT2D eigenvalue weighted by Crippen LogP contribution is 2.26. The summed E-state index contributed by atoms with van der Waals surface area (Å²) in [7, 11) is 3.19. The third kappa shape index (κ3) is 5.45. The molecule has 1 aliphatic heterocycles. The van der Waals surface area contributed by atoms with E-state index < -0.39 is 11.7 Å². The molecule has 9 heteroatoms. The maximum atomic E-state index is 13.8. The fraction of sp³-hybridized carbons (Fsp3) is 0.370. The van der Waals surface area contributed by atoms with Crippen molar-refractivity contribution in [3.8, 4) is 17.2 Å². The summed E-state index contributed by atoms with van der Waals surface area (Å²) in [6.45, 7) is 6.49. The maximum absolute atomic E-state index is 13.8. The molecule has 0 saturated heterocycles. The van der Waals surface area contributed by atoms with Gasteiger partial charge >= 0.3 is 6.09 Å². The summed E-state index contributed by atoms with van der Waals surface area (Å²) in [5.41, 5.74) is 1.92. The number of fused-ring (bicyclic) bond motifs is 1. The Kier molecular flexibility index (Phi) is 7.19. The number of rotatable bonds is 6. The molecule has 0 saturated carbocycles. The van der Waals surface area contributed by atoms with Crippen LogP contribution in [-0.4, -0.2) is 46.9 Å². The number of nitrogens with one attached hydrogen (secondary N) is 1. The minimum atomic E-state index is -0.608. The minimum absolute atomic E-state index is 0.189. The summed E-state index contributed by atoms with van der Waals surface area (Å²) in [4.78, 5) is 32.9. The third-order valence-electron chi connectivity index (χ3n) is 5.82. The van der Waals surface area contributed by atoms with E-state index in [0.717, 1.165) is 11.3 Å². The molecule has 2 heterocycles. The lowest BCUT2D eigenvalue weighted by molar-refractivity contribution is 0.0220. The van der Waals surface area contributed by atoms with Gasteiger partial charge < -0.3 is 24.4 Å². The van der Waals surface area contributed by atoms with E-state index in [2.05, 4.69) is 5.32 Å². The minimum Gasteiger partial charge on any atom is -0.497 e. The standard InChI is InChI=1S/C27H32N4O5/c1-27(2,3)36-26(33)30-15-14-20-21(17-30)29-25(28-16-18-10-12-19(34-4)13-11-18)31(24(20)32)22-8-6-7-9-23(22)35-5/h6-13H,14-17H2,1-5H3,(H,28,29). The van der Waals surface area contributed by atoms with Crippen molar-refractivity contribution in [2.24, 2.45) is 0 Å². The molecule has 1 aromatic heterocycles. The molecule has 9 nitrogen and oxygen atoms in total. The fourth-order valence-electron chi connectivity index (χ4n) is 4.05. The highest BCUT2D eigenvalue weighted by Gasteiger charge is 2.29. The number of hydrogen-bond donors (Lipinski definition) is 1. The van der Waals surface area contributed by atoms with Crippen LogP contribution >= 0.6 is 0 Å². The summed E-state index contributed by atoms with van der Waals surface area (Å²) < 4.78 is 17.9. The molecule has 1 N–H and O–H groups in total. The van der Waals surface area contributed by atoms with Gasteiger partial charge in [-0.2, -0.15) is 0 Å². The van der Waals surface area contributed by atoms with Crippen molar-refractivity contribution in [3.63, 3.8) is 0 Å². The average molecular weight is 493 g/mol. The summed E-state index contributed by atoms with van der Waals surface area (Å²) in [6.07, 6.45) is -0.0366. The van der Waals surface area contributed by atoms with Crippen molar-refractivity contribution in [1.29, 1.82) is 0 Å². The number of nitrogens with zero attached hydrogens (tertiary/aromatic N) is 3. The number of ether oxygens (including phenoxy) is 3. The molecule has 190 valence electrons.